The van der Waals surface area contributed by atoms with Crippen LogP contribution in [-0.2, 0) is 28.9 Å². The lowest BCUT2D eigenvalue weighted by molar-refractivity contribution is -0.129. The zero-order valence-electron chi connectivity index (χ0n) is 22.4. The number of anilines is 1. The number of amides is 2. The highest BCUT2D eigenvalue weighted by molar-refractivity contribution is 7.94. The Morgan fingerprint density at radius 3 is 2.61 bits per heavy atom. The van der Waals surface area contributed by atoms with E-state index in [1.165, 1.54) is 41.9 Å². The largest absolute Gasteiger partial charge is 0.462 e. The van der Waals surface area contributed by atoms with Crippen LogP contribution in [0.15, 0.2) is 101 Å². The quantitative estimate of drug-likeness (QED) is 0.115. The number of esters is 1. The third-order valence-electron chi connectivity index (χ3n) is 5.77. The van der Waals surface area contributed by atoms with Crippen molar-refractivity contribution in [1.29, 1.82) is 0 Å². The van der Waals surface area contributed by atoms with Crippen molar-refractivity contribution in [3.05, 3.63) is 106 Å². The molecule has 2 amide bonds. The summed E-state index contributed by atoms with van der Waals surface area (Å²) >= 11 is 4.51. The topological polar surface area (TPSA) is 139 Å². The van der Waals surface area contributed by atoms with Crippen LogP contribution >= 0.6 is 12.6 Å². The fraction of sp³-hybridized carbons (Fsp3) is 0.241. The first kappa shape index (κ1) is 31.4. The van der Waals surface area contributed by atoms with Crippen molar-refractivity contribution in [3.63, 3.8) is 0 Å². The van der Waals surface area contributed by atoms with Gasteiger partial charge in [-0.05, 0) is 68.3 Å². The summed E-state index contributed by atoms with van der Waals surface area (Å²) in [6, 6.07) is 6.08. The smallest absolute Gasteiger partial charge is 0.338 e. The second-order valence-corrected chi connectivity index (χ2v) is 11.6. The highest BCUT2D eigenvalue weighted by Gasteiger charge is 2.26. The number of hydrogen-bond acceptors (Lipinski definition) is 9. The summed E-state index contributed by atoms with van der Waals surface area (Å²) in [5.41, 5.74) is 5.62. The van der Waals surface area contributed by atoms with Gasteiger partial charge in [0.05, 0.1) is 22.3 Å². The lowest BCUT2D eigenvalue weighted by atomic mass is 10.1. The summed E-state index contributed by atoms with van der Waals surface area (Å²) in [6.07, 6.45) is 14.8. The van der Waals surface area contributed by atoms with Gasteiger partial charge in [-0.1, -0.05) is 23.8 Å². The number of thiol groups is 1. The molecule has 3 rings (SSSR count). The minimum absolute atomic E-state index is 0.113. The summed E-state index contributed by atoms with van der Waals surface area (Å²) in [7, 11) is -3.39. The molecule has 1 aromatic carbocycles. The molecule has 0 aromatic heterocycles. The van der Waals surface area contributed by atoms with Gasteiger partial charge < -0.3 is 14.4 Å². The molecule has 1 aromatic rings. The van der Waals surface area contributed by atoms with Crippen molar-refractivity contribution in [2.75, 3.05) is 24.3 Å². The molecule has 0 saturated carbocycles. The number of hydrogen-bond donors (Lipinski definition) is 3. The van der Waals surface area contributed by atoms with Crippen LogP contribution in [0.1, 0.15) is 30.1 Å². The first-order valence-electron chi connectivity index (χ1n) is 12.5. The second kappa shape index (κ2) is 14.5. The summed E-state index contributed by atoms with van der Waals surface area (Å²) in [6.45, 7) is 1.35. The fourth-order valence-electron chi connectivity index (χ4n) is 3.77. The van der Waals surface area contributed by atoms with Crippen LogP contribution in [-0.4, -0.2) is 56.1 Å². The molecular weight excluding hydrogens is 568 g/mol. The maximum absolute atomic E-state index is 13.4. The summed E-state index contributed by atoms with van der Waals surface area (Å²) in [4.78, 5) is 38.9. The Morgan fingerprint density at radius 2 is 1.90 bits per heavy atom. The van der Waals surface area contributed by atoms with Crippen molar-refractivity contribution in [3.8, 4) is 0 Å². The van der Waals surface area contributed by atoms with Crippen molar-refractivity contribution in [2.45, 2.75) is 25.0 Å². The summed E-state index contributed by atoms with van der Waals surface area (Å²) < 4.78 is 34.4. The van der Waals surface area contributed by atoms with Crippen LogP contribution in [0.3, 0.4) is 0 Å². The van der Waals surface area contributed by atoms with Gasteiger partial charge in [-0.25, -0.2) is 18.7 Å². The molecule has 0 aliphatic heterocycles. The van der Waals surface area contributed by atoms with Gasteiger partial charge in [0.2, 0.25) is 5.91 Å². The number of benzene rings is 1. The third kappa shape index (κ3) is 9.22. The highest BCUT2D eigenvalue weighted by atomic mass is 32.2. The number of carbonyl (C=O) groups excluding carboxylic acids is 3. The van der Waals surface area contributed by atoms with E-state index < -0.39 is 39.4 Å². The fourth-order valence-corrected chi connectivity index (χ4v) is 4.74. The Morgan fingerprint density at radius 1 is 1.15 bits per heavy atom. The molecular formula is C29H30N2O8S2. The van der Waals surface area contributed by atoms with E-state index in [0.717, 1.165) is 16.7 Å². The molecule has 10 nitrogen and oxygen atoms in total. The minimum atomic E-state index is -3.39. The van der Waals surface area contributed by atoms with Crippen molar-refractivity contribution >= 4 is 45.9 Å². The van der Waals surface area contributed by atoms with E-state index in [9.17, 15) is 22.8 Å². The first-order chi connectivity index (χ1) is 19.5. The van der Waals surface area contributed by atoms with Crippen LogP contribution in [0.5, 0.6) is 0 Å². The molecule has 0 radical (unpaired) electrons. The van der Waals surface area contributed by atoms with Crippen LogP contribution in [0.4, 0.5) is 5.69 Å². The van der Waals surface area contributed by atoms with Crippen LogP contribution in [0, 0.1) is 0 Å². The minimum Gasteiger partial charge on any atom is -0.462 e. The normalized spacial score (nSPS) is 15.3. The number of hydroxylamine groups is 1. The molecule has 2 aliphatic carbocycles. The molecule has 1 atom stereocenters. The number of sulfone groups is 1. The third-order valence-corrected chi connectivity index (χ3v) is 7.29. The van der Waals surface area contributed by atoms with Crippen molar-refractivity contribution in [1.82, 2.24) is 5.48 Å². The Balaban J connectivity index is 1.76. The summed E-state index contributed by atoms with van der Waals surface area (Å²) in [5.74, 6) is -1.04. The number of nitrogens with zero attached hydrogens (tertiary/aromatic N) is 1. The number of nitrogens with one attached hydrogen (secondary N) is 1. The average molecular weight is 599 g/mol. The molecule has 0 heterocycles. The first-order valence-corrected chi connectivity index (χ1v) is 14.9. The van der Waals surface area contributed by atoms with Crippen LogP contribution in [0.2, 0.25) is 0 Å². The van der Waals surface area contributed by atoms with Gasteiger partial charge in [-0.2, -0.15) is 12.6 Å². The van der Waals surface area contributed by atoms with Gasteiger partial charge in [0.25, 0.3) is 5.91 Å². The predicted octanol–water partition coefficient (Wildman–Crippen LogP) is 3.71. The number of rotatable bonds is 11. The maximum atomic E-state index is 13.4. The standard InChI is InChI=1S/C29H30N2O8S2/c1-3-38-29(34)21-8-5-9-22(18-21)31(19-27(32)30-35)28(33)26(40)17-20-7-4-10-23(14-13-20)39-24-11-6-12-25(16-15-24)41(2,36)37/h4-5,8-16,18,26,35,40H,3,7,17,19H2,1-2H3,(H,30,32). The van der Waals surface area contributed by atoms with Gasteiger partial charge in [0, 0.05) is 18.0 Å². The monoisotopic (exact) mass is 598 g/mol. The van der Waals surface area contributed by atoms with Crippen LogP contribution in [0.25, 0.3) is 0 Å². The molecule has 0 spiro atoms. The molecule has 2 N–H and O–H groups in total. The molecule has 2 aliphatic rings. The van der Waals surface area contributed by atoms with E-state index in [1.807, 2.05) is 6.08 Å². The molecule has 0 fully saturated rings. The Hall–Kier alpha value is -4.09. The van der Waals surface area contributed by atoms with Gasteiger partial charge >= 0.3 is 5.97 Å². The van der Waals surface area contributed by atoms with Crippen LogP contribution < -0.4 is 10.4 Å². The van der Waals surface area contributed by atoms with Crippen molar-refractivity contribution < 1.29 is 37.5 Å². The molecule has 1 unspecified atom stereocenters. The maximum Gasteiger partial charge on any atom is 0.338 e. The Labute approximate surface area is 244 Å². The predicted molar refractivity (Wildman–Crippen MR) is 157 cm³/mol. The average Bonchev–Trinajstić information content (AvgIpc) is 3.32. The van der Waals surface area contributed by atoms with E-state index in [4.69, 9.17) is 14.7 Å². The molecule has 0 saturated heterocycles. The molecule has 0 bridgehead atoms. The molecule has 41 heavy (non-hydrogen) atoms. The zero-order valence-corrected chi connectivity index (χ0v) is 24.2. The van der Waals surface area contributed by atoms with E-state index in [-0.39, 0.29) is 29.2 Å². The van der Waals surface area contributed by atoms with Crippen molar-refractivity contribution in [2.24, 2.45) is 0 Å². The molecule has 216 valence electrons. The summed E-state index contributed by atoms with van der Waals surface area (Å²) in [5, 5.41) is 8.19. The number of ether oxygens (including phenoxy) is 2. The molecule has 12 heteroatoms. The number of carbonyl (C=O) groups is 3. The highest BCUT2D eigenvalue weighted by Crippen LogP contribution is 2.25. The van der Waals surface area contributed by atoms with Gasteiger partial charge in [-0.15, -0.1) is 5.73 Å². The zero-order chi connectivity index (χ0) is 30.0. The van der Waals surface area contributed by atoms with E-state index in [1.54, 1.807) is 37.3 Å². The second-order valence-electron chi connectivity index (χ2n) is 8.92. The lowest BCUT2D eigenvalue weighted by Gasteiger charge is -2.25. The van der Waals surface area contributed by atoms with Gasteiger partial charge in [0.15, 0.2) is 9.84 Å². The van der Waals surface area contributed by atoms with E-state index >= 15 is 0 Å². The lowest BCUT2D eigenvalue weighted by Crippen LogP contribution is -2.43. The van der Waals surface area contributed by atoms with E-state index in [2.05, 4.69) is 18.4 Å². The Bertz CT molecular complexity index is 1530. The van der Waals surface area contributed by atoms with Gasteiger partial charge in [-0.3, -0.25) is 14.8 Å². The SMILES string of the molecule is CCOC(=O)c1cccc(N(CC(=O)NO)C(=O)C(S)CC2=CC=C(OC3=CC=C(S(C)(=O)=O)C=C=C3)C=CC2)c1. The van der Waals surface area contributed by atoms with Gasteiger partial charge in [0.1, 0.15) is 18.1 Å². The Kier molecular flexibility index (Phi) is 11.1. The van der Waals surface area contributed by atoms with E-state index in [0.29, 0.717) is 17.9 Å². The number of allylic oxidation sites excluding steroid dienone is 9.